The molecule has 1 atom stereocenters. The number of aromatic amines is 1. The minimum Gasteiger partial charge on any atom is -0.455 e. The summed E-state index contributed by atoms with van der Waals surface area (Å²) in [5.74, 6) is -1.56. The molecule has 27 heavy (non-hydrogen) atoms. The highest BCUT2D eigenvalue weighted by Crippen LogP contribution is 2.13. The van der Waals surface area contributed by atoms with Crippen LogP contribution in [0.25, 0.3) is 10.8 Å². The largest absolute Gasteiger partial charge is 0.455 e. The van der Waals surface area contributed by atoms with E-state index >= 15 is 0 Å². The number of fused-ring (bicyclic) bond motifs is 1. The summed E-state index contributed by atoms with van der Waals surface area (Å²) < 4.78 is 4.93. The molecular formula is C18H22N4O5. The lowest BCUT2D eigenvalue weighted by Crippen LogP contribution is -2.46. The second kappa shape index (κ2) is 9.46. The van der Waals surface area contributed by atoms with Crippen LogP contribution in [0.1, 0.15) is 26.0 Å². The molecule has 144 valence electrons. The third-order valence-corrected chi connectivity index (χ3v) is 3.77. The fourth-order valence-electron chi connectivity index (χ4n) is 2.39. The van der Waals surface area contributed by atoms with Gasteiger partial charge in [-0.25, -0.2) is 5.10 Å². The quantitative estimate of drug-likeness (QED) is 0.559. The van der Waals surface area contributed by atoms with Gasteiger partial charge in [-0.15, -0.1) is 0 Å². The van der Waals surface area contributed by atoms with Crippen molar-refractivity contribution >= 4 is 28.6 Å². The summed E-state index contributed by atoms with van der Waals surface area (Å²) in [5, 5.41) is 12.3. The molecule has 0 saturated carbocycles. The number of carbonyl (C=O) groups excluding carboxylic acids is 3. The predicted molar refractivity (Wildman–Crippen MR) is 97.9 cm³/mol. The zero-order valence-corrected chi connectivity index (χ0v) is 15.2. The fraction of sp³-hybridized carbons (Fsp3) is 0.389. The van der Waals surface area contributed by atoms with E-state index in [-0.39, 0.29) is 17.9 Å². The van der Waals surface area contributed by atoms with Gasteiger partial charge >= 0.3 is 5.97 Å². The monoisotopic (exact) mass is 374 g/mol. The molecule has 2 aromatic rings. The summed E-state index contributed by atoms with van der Waals surface area (Å²) in [5.41, 5.74) is 0.000326. The van der Waals surface area contributed by atoms with Crippen LogP contribution < -0.4 is 16.2 Å². The summed E-state index contributed by atoms with van der Waals surface area (Å²) in [6, 6.07) is 6.03. The number of nitrogens with one attached hydrogen (secondary N) is 3. The smallest absolute Gasteiger partial charge is 0.312 e. The van der Waals surface area contributed by atoms with Gasteiger partial charge in [0.2, 0.25) is 5.91 Å². The van der Waals surface area contributed by atoms with Crippen molar-refractivity contribution in [3.8, 4) is 0 Å². The van der Waals surface area contributed by atoms with Crippen molar-refractivity contribution in [1.82, 2.24) is 20.8 Å². The molecule has 0 radical (unpaired) electrons. The summed E-state index contributed by atoms with van der Waals surface area (Å²) in [6.07, 6.45) is 0.592. The molecule has 1 aromatic heterocycles. The van der Waals surface area contributed by atoms with Crippen LogP contribution in [0, 0.1) is 0 Å². The Balaban J connectivity index is 1.88. The van der Waals surface area contributed by atoms with Gasteiger partial charge in [-0.2, -0.15) is 5.10 Å². The van der Waals surface area contributed by atoms with Crippen molar-refractivity contribution in [3.63, 3.8) is 0 Å². The fourth-order valence-corrected chi connectivity index (χ4v) is 2.39. The molecule has 0 aliphatic carbocycles. The topological polar surface area (TPSA) is 130 Å². The number of benzene rings is 1. The molecule has 0 aliphatic rings. The van der Waals surface area contributed by atoms with Crippen LogP contribution in [0.5, 0.6) is 0 Å². The standard InChI is InChI=1S/C18H22N4O5/c1-3-8-19-17(25)11(2)20-15(23)10-27-16(24)9-14-12-6-4-5-7-13(12)18(26)22-21-14/h4-7,11H,3,8-10H2,1-2H3,(H,19,25)(H,20,23)(H,22,26)/t11-/m1/s1. The molecule has 0 fully saturated rings. The molecule has 3 N–H and O–H groups in total. The molecule has 0 bridgehead atoms. The number of H-pyrrole nitrogens is 1. The summed E-state index contributed by atoms with van der Waals surface area (Å²) >= 11 is 0. The first-order valence-electron chi connectivity index (χ1n) is 8.61. The number of rotatable bonds is 8. The highest BCUT2D eigenvalue weighted by atomic mass is 16.5. The molecular weight excluding hydrogens is 352 g/mol. The van der Waals surface area contributed by atoms with Crippen molar-refractivity contribution in [1.29, 1.82) is 0 Å². The minimum absolute atomic E-state index is 0.197. The van der Waals surface area contributed by atoms with Crippen LogP contribution in [0.2, 0.25) is 0 Å². The van der Waals surface area contributed by atoms with Crippen molar-refractivity contribution < 1.29 is 19.1 Å². The van der Waals surface area contributed by atoms with E-state index in [9.17, 15) is 19.2 Å². The Labute approximate surface area is 155 Å². The number of aromatic nitrogens is 2. The first-order chi connectivity index (χ1) is 12.9. The van der Waals surface area contributed by atoms with Crippen molar-refractivity contribution in [2.45, 2.75) is 32.7 Å². The molecule has 0 unspecified atom stereocenters. The number of carbonyl (C=O) groups is 3. The summed E-state index contributed by atoms with van der Waals surface area (Å²) in [4.78, 5) is 47.2. The van der Waals surface area contributed by atoms with Crippen LogP contribution in [0.3, 0.4) is 0 Å². The van der Waals surface area contributed by atoms with Gasteiger partial charge < -0.3 is 15.4 Å². The second-order valence-corrected chi connectivity index (χ2v) is 5.96. The number of hydrogen-bond acceptors (Lipinski definition) is 6. The van der Waals surface area contributed by atoms with Crippen molar-refractivity contribution in [3.05, 3.63) is 40.3 Å². The summed E-state index contributed by atoms with van der Waals surface area (Å²) in [7, 11) is 0. The SMILES string of the molecule is CCCNC(=O)[C@@H](C)NC(=O)COC(=O)Cc1n[nH]c(=O)c2ccccc12. The number of amides is 2. The van der Waals surface area contributed by atoms with Crippen molar-refractivity contribution in [2.24, 2.45) is 0 Å². The lowest BCUT2D eigenvalue weighted by Gasteiger charge is -2.13. The lowest BCUT2D eigenvalue weighted by atomic mass is 10.1. The Kier molecular flexibility index (Phi) is 7.04. The van der Waals surface area contributed by atoms with Crippen LogP contribution >= 0.6 is 0 Å². The van der Waals surface area contributed by atoms with Gasteiger partial charge in [0.15, 0.2) is 6.61 Å². The Morgan fingerprint density at radius 3 is 2.63 bits per heavy atom. The zero-order chi connectivity index (χ0) is 19.8. The molecule has 9 heteroatoms. The van der Waals surface area contributed by atoms with E-state index in [1.54, 1.807) is 31.2 Å². The Morgan fingerprint density at radius 1 is 1.22 bits per heavy atom. The second-order valence-electron chi connectivity index (χ2n) is 5.96. The first kappa shape index (κ1) is 20.1. The van der Waals surface area contributed by atoms with Crippen molar-refractivity contribution in [2.75, 3.05) is 13.2 Å². The van der Waals surface area contributed by atoms with Crippen LogP contribution in [0.4, 0.5) is 0 Å². The molecule has 1 aromatic carbocycles. The van der Waals surface area contributed by atoms with E-state index in [1.807, 2.05) is 6.92 Å². The summed E-state index contributed by atoms with van der Waals surface area (Å²) in [6.45, 7) is 3.48. The third kappa shape index (κ3) is 5.63. The highest BCUT2D eigenvalue weighted by molar-refractivity contribution is 5.89. The van der Waals surface area contributed by atoms with Gasteiger partial charge in [-0.3, -0.25) is 19.2 Å². The maximum atomic E-state index is 12.0. The predicted octanol–water partition coefficient (Wildman–Crippen LogP) is 0.0397. The number of nitrogens with zero attached hydrogens (tertiary/aromatic N) is 1. The van der Waals surface area contributed by atoms with E-state index in [4.69, 9.17) is 4.74 Å². The molecule has 9 nitrogen and oxygen atoms in total. The van der Waals surface area contributed by atoms with Gasteiger partial charge in [0.1, 0.15) is 6.04 Å². The Bertz CT molecular complexity index is 893. The zero-order valence-electron chi connectivity index (χ0n) is 15.2. The van der Waals surface area contributed by atoms with Gasteiger partial charge in [-0.1, -0.05) is 25.1 Å². The Morgan fingerprint density at radius 2 is 1.93 bits per heavy atom. The van der Waals surface area contributed by atoms with Gasteiger partial charge in [0, 0.05) is 11.9 Å². The number of hydrogen-bond donors (Lipinski definition) is 3. The van der Waals surface area contributed by atoms with E-state index in [0.29, 0.717) is 23.0 Å². The highest BCUT2D eigenvalue weighted by Gasteiger charge is 2.17. The average Bonchev–Trinajstić information content (AvgIpc) is 2.66. The molecule has 1 heterocycles. The van der Waals surface area contributed by atoms with Gasteiger partial charge in [-0.05, 0) is 19.4 Å². The average molecular weight is 374 g/mol. The maximum absolute atomic E-state index is 12.0. The van der Waals surface area contributed by atoms with Gasteiger partial charge in [0.25, 0.3) is 11.5 Å². The van der Waals surface area contributed by atoms with Crippen LogP contribution in [-0.4, -0.2) is 47.2 Å². The lowest BCUT2D eigenvalue weighted by molar-refractivity contribution is -0.148. The maximum Gasteiger partial charge on any atom is 0.312 e. The van der Waals surface area contributed by atoms with Crippen LogP contribution in [-0.2, 0) is 25.5 Å². The minimum atomic E-state index is -0.729. The first-order valence-corrected chi connectivity index (χ1v) is 8.61. The normalized spacial score (nSPS) is 11.6. The molecule has 2 amide bonds. The Hall–Kier alpha value is -3.23. The molecule has 0 aliphatic heterocycles. The third-order valence-electron chi connectivity index (χ3n) is 3.77. The van der Waals surface area contributed by atoms with Crippen LogP contribution in [0.15, 0.2) is 29.1 Å². The molecule has 0 saturated heterocycles. The van der Waals surface area contributed by atoms with E-state index < -0.39 is 24.5 Å². The number of esters is 1. The molecule has 2 rings (SSSR count). The van der Waals surface area contributed by atoms with E-state index in [2.05, 4.69) is 20.8 Å². The number of ether oxygens (including phenoxy) is 1. The molecule has 0 spiro atoms. The van der Waals surface area contributed by atoms with E-state index in [1.165, 1.54) is 0 Å². The van der Waals surface area contributed by atoms with E-state index in [0.717, 1.165) is 6.42 Å². The van der Waals surface area contributed by atoms with Gasteiger partial charge in [0.05, 0.1) is 17.5 Å².